The Balaban J connectivity index is 1.44. The van der Waals surface area contributed by atoms with E-state index in [1.165, 1.54) is 5.56 Å². The minimum atomic E-state index is -0.0481. The fourth-order valence-corrected chi connectivity index (χ4v) is 3.60. The van der Waals surface area contributed by atoms with Crippen LogP contribution in [0.4, 0.5) is 0 Å². The highest BCUT2D eigenvalue weighted by Crippen LogP contribution is 2.33. The summed E-state index contributed by atoms with van der Waals surface area (Å²) in [7, 11) is 0. The maximum absolute atomic E-state index is 12.5. The van der Waals surface area contributed by atoms with Gasteiger partial charge in [0.2, 0.25) is 0 Å². The Bertz CT molecular complexity index is 879. The molecule has 0 spiro atoms. The molecule has 1 N–H and O–H groups in total. The lowest BCUT2D eigenvalue weighted by Gasteiger charge is -2.25. The monoisotopic (exact) mass is 351 g/mol. The van der Waals surface area contributed by atoms with Gasteiger partial charge < -0.3 is 5.32 Å². The Morgan fingerprint density at radius 1 is 1.19 bits per heavy atom. The Kier molecular flexibility index (Phi) is 4.39. The molecule has 4 rings (SSSR count). The normalized spacial score (nSPS) is 19.3. The van der Waals surface area contributed by atoms with Gasteiger partial charge in [0.1, 0.15) is 0 Å². The number of amides is 1. The Morgan fingerprint density at radius 2 is 1.92 bits per heavy atom. The number of nitrogens with one attached hydrogen (secondary N) is 1. The van der Waals surface area contributed by atoms with Crippen molar-refractivity contribution < 1.29 is 4.79 Å². The summed E-state index contributed by atoms with van der Waals surface area (Å²) in [6, 6.07) is 9.88. The van der Waals surface area contributed by atoms with E-state index >= 15 is 0 Å². The molecule has 0 bridgehead atoms. The highest BCUT2D eigenvalue weighted by Gasteiger charge is 2.28. The third-order valence-electron chi connectivity index (χ3n) is 5.39. The molecule has 0 radical (unpaired) electrons. The van der Waals surface area contributed by atoms with Crippen LogP contribution in [0.2, 0.25) is 0 Å². The number of hydrogen-bond donors (Lipinski definition) is 1. The molecule has 26 heavy (non-hydrogen) atoms. The average Bonchev–Trinajstić information content (AvgIpc) is 3.46. The van der Waals surface area contributed by atoms with Crippen LogP contribution in [0.25, 0.3) is 0 Å². The summed E-state index contributed by atoms with van der Waals surface area (Å²) in [5, 5.41) is 7.68. The SMILES string of the molecule is CC(C)c1ccc(C(=O)NC2CCc3nn(C4CC4)c(=O)cc3C2)cc1. The van der Waals surface area contributed by atoms with Crippen molar-refractivity contribution in [3.8, 4) is 0 Å². The number of fused-ring (bicyclic) bond motifs is 1. The zero-order valence-electron chi connectivity index (χ0n) is 15.4. The minimum Gasteiger partial charge on any atom is -0.349 e. The van der Waals surface area contributed by atoms with E-state index in [2.05, 4.69) is 24.3 Å². The van der Waals surface area contributed by atoms with Gasteiger partial charge in [0.15, 0.2) is 0 Å². The standard InChI is InChI=1S/C21H25N3O2/c1-13(2)14-3-5-15(6-4-14)21(26)22-17-7-10-19-16(11-17)12-20(25)24(23-19)18-8-9-18/h3-6,12-13,17-18H,7-11H2,1-2H3,(H,22,26). The zero-order chi connectivity index (χ0) is 18.3. The first kappa shape index (κ1) is 17.0. The molecular formula is C21H25N3O2. The lowest BCUT2D eigenvalue weighted by Crippen LogP contribution is -2.40. The van der Waals surface area contributed by atoms with Crippen LogP contribution < -0.4 is 10.9 Å². The summed E-state index contributed by atoms with van der Waals surface area (Å²) >= 11 is 0. The van der Waals surface area contributed by atoms with Crippen LogP contribution >= 0.6 is 0 Å². The molecular weight excluding hydrogens is 326 g/mol. The van der Waals surface area contributed by atoms with Gasteiger partial charge in [0, 0.05) is 17.7 Å². The number of hydrogen-bond acceptors (Lipinski definition) is 3. The molecule has 2 aromatic rings. The summed E-state index contributed by atoms with van der Waals surface area (Å²) in [6.45, 7) is 4.28. The highest BCUT2D eigenvalue weighted by atomic mass is 16.1. The van der Waals surface area contributed by atoms with Crippen LogP contribution in [0.3, 0.4) is 0 Å². The molecule has 0 aliphatic heterocycles. The molecule has 5 nitrogen and oxygen atoms in total. The first-order valence-corrected chi connectivity index (χ1v) is 9.53. The number of carbonyl (C=O) groups is 1. The van der Waals surface area contributed by atoms with Gasteiger partial charge in [-0.25, -0.2) is 4.68 Å². The van der Waals surface area contributed by atoms with E-state index in [4.69, 9.17) is 0 Å². The van der Waals surface area contributed by atoms with Gasteiger partial charge in [-0.2, -0.15) is 5.10 Å². The number of aryl methyl sites for hydroxylation is 1. The van der Waals surface area contributed by atoms with Crippen molar-refractivity contribution >= 4 is 5.91 Å². The lowest BCUT2D eigenvalue weighted by molar-refractivity contribution is 0.0933. The minimum absolute atomic E-state index is 0.0116. The Hall–Kier alpha value is -2.43. The van der Waals surface area contributed by atoms with E-state index < -0.39 is 0 Å². The summed E-state index contributed by atoms with van der Waals surface area (Å²) in [4.78, 5) is 24.8. The van der Waals surface area contributed by atoms with Crippen LogP contribution in [0.5, 0.6) is 0 Å². The first-order chi connectivity index (χ1) is 12.5. The quantitative estimate of drug-likeness (QED) is 0.921. The maximum atomic E-state index is 12.5. The van der Waals surface area contributed by atoms with Crippen LogP contribution in [0, 0.1) is 0 Å². The summed E-state index contributed by atoms with van der Waals surface area (Å²) < 4.78 is 1.65. The third kappa shape index (κ3) is 3.43. The van der Waals surface area contributed by atoms with Crippen molar-refractivity contribution in [2.45, 2.75) is 64.0 Å². The van der Waals surface area contributed by atoms with Gasteiger partial charge in [-0.15, -0.1) is 0 Å². The molecule has 5 heteroatoms. The fraction of sp³-hybridized carbons (Fsp3) is 0.476. The lowest BCUT2D eigenvalue weighted by atomic mass is 9.92. The van der Waals surface area contributed by atoms with Gasteiger partial charge in [-0.1, -0.05) is 26.0 Å². The molecule has 2 aliphatic rings. The van der Waals surface area contributed by atoms with Gasteiger partial charge in [-0.05, 0) is 61.3 Å². The second kappa shape index (κ2) is 6.71. The molecule has 2 aliphatic carbocycles. The first-order valence-electron chi connectivity index (χ1n) is 9.53. The molecule has 1 fully saturated rings. The Labute approximate surface area is 153 Å². The van der Waals surface area contributed by atoms with Crippen LogP contribution in [-0.2, 0) is 12.8 Å². The molecule has 136 valence electrons. The van der Waals surface area contributed by atoms with Gasteiger partial charge in [0.05, 0.1) is 11.7 Å². The van der Waals surface area contributed by atoms with Gasteiger partial charge in [-0.3, -0.25) is 9.59 Å². The van der Waals surface area contributed by atoms with Crippen molar-refractivity contribution in [3.63, 3.8) is 0 Å². The number of carbonyl (C=O) groups excluding carboxylic acids is 1. The molecule has 1 aromatic carbocycles. The molecule has 0 saturated heterocycles. The smallest absolute Gasteiger partial charge is 0.267 e. The van der Waals surface area contributed by atoms with E-state index in [9.17, 15) is 9.59 Å². The maximum Gasteiger partial charge on any atom is 0.267 e. The molecule has 1 amide bonds. The van der Waals surface area contributed by atoms with E-state index in [-0.39, 0.29) is 17.5 Å². The summed E-state index contributed by atoms with van der Waals surface area (Å²) in [5.74, 6) is 0.405. The van der Waals surface area contributed by atoms with Crippen molar-refractivity contribution in [2.24, 2.45) is 0 Å². The van der Waals surface area contributed by atoms with Crippen molar-refractivity contribution in [1.82, 2.24) is 15.1 Å². The topological polar surface area (TPSA) is 64.0 Å². The fourth-order valence-electron chi connectivity index (χ4n) is 3.60. The predicted octanol–water partition coefficient (Wildman–Crippen LogP) is 2.99. The molecule has 1 atom stereocenters. The largest absolute Gasteiger partial charge is 0.349 e. The molecule has 1 heterocycles. The second-order valence-corrected chi connectivity index (χ2v) is 7.82. The van der Waals surface area contributed by atoms with Crippen molar-refractivity contribution in [1.29, 1.82) is 0 Å². The van der Waals surface area contributed by atoms with Crippen molar-refractivity contribution in [3.05, 3.63) is 63.1 Å². The van der Waals surface area contributed by atoms with E-state index in [1.807, 2.05) is 24.3 Å². The number of nitrogens with zero attached hydrogens (tertiary/aromatic N) is 2. The molecule has 1 saturated carbocycles. The summed E-state index contributed by atoms with van der Waals surface area (Å²) in [5.41, 5.74) is 3.90. The molecule has 1 unspecified atom stereocenters. The number of rotatable bonds is 4. The van der Waals surface area contributed by atoms with Gasteiger partial charge >= 0.3 is 0 Å². The highest BCUT2D eigenvalue weighted by molar-refractivity contribution is 5.94. The van der Waals surface area contributed by atoms with E-state index in [1.54, 1.807) is 10.7 Å². The molecule has 1 aromatic heterocycles. The van der Waals surface area contributed by atoms with E-state index in [0.29, 0.717) is 23.9 Å². The van der Waals surface area contributed by atoms with Crippen LogP contribution in [-0.4, -0.2) is 21.7 Å². The van der Waals surface area contributed by atoms with Crippen LogP contribution in [0.1, 0.15) is 72.2 Å². The average molecular weight is 351 g/mol. The van der Waals surface area contributed by atoms with Crippen molar-refractivity contribution in [2.75, 3.05) is 0 Å². The number of benzene rings is 1. The predicted molar refractivity (Wildman–Crippen MR) is 101 cm³/mol. The van der Waals surface area contributed by atoms with Crippen LogP contribution in [0.15, 0.2) is 35.1 Å². The number of aromatic nitrogens is 2. The zero-order valence-corrected chi connectivity index (χ0v) is 15.4. The second-order valence-electron chi connectivity index (χ2n) is 7.82. The summed E-state index contributed by atoms with van der Waals surface area (Å²) in [6.07, 6.45) is 4.46. The third-order valence-corrected chi connectivity index (χ3v) is 5.39. The van der Waals surface area contributed by atoms with Gasteiger partial charge in [0.25, 0.3) is 11.5 Å². The Morgan fingerprint density at radius 3 is 2.58 bits per heavy atom. The van der Waals surface area contributed by atoms with E-state index in [0.717, 1.165) is 36.9 Å².